The van der Waals surface area contributed by atoms with Crippen LogP contribution in [0.5, 0.6) is 0 Å². The van der Waals surface area contributed by atoms with Crippen molar-refractivity contribution in [2.75, 3.05) is 13.7 Å². The number of aromatic amines is 2. The maximum absolute atomic E-state index is 15.1. The fourth-order valence-electron chi connectivity index (χ4n) is 5.05. The fourth-order valence-corrected chi connectivity index (χ4v) is 5.05. The largest absolute Gasteiger partial charge is 1.00 e. The van der Waals surface area contributed by atoms with Crippen LogP contribution in [0.4, 0.5) is 8.78 Å². The number of carbonyl (C=O) groups excluding carboxylic acids is 1. The van der Waals surface area contributed by atoms with Crippen molar-refractivity contribution in [3.63, 3.8) is 0 Å². The van der Waals surface area contributed by atoms with Crippen molar-refractivity contribution in [1.29, 1.82) is 0 Å². The fraction of sp³-hybridized carbons (Fsp3) is 0.483. The average molecular weight is 677 g/mol. The molecule has 47 heavy (non-hydrogen) atoms. The molecule has 0 aliphatic carbocycles. The van der Waals surface area contributed by atoms with Gasteiger partial charge in [0.15, 0.2) is 30.4 Å². The van der Waals surface area contributed by atoms with E-state index in [0.717, 1.165) is 41.5 Å². The molecule has 5 rings (SSSR count). The first kappa shape index (κ1) is 39.9. The Labute approximate surface area is 288 Å². The summed E-state index contributed by atoms with van der Waals surface area (Å²) < 4.78 is 47.0. The molecule has 1 aromatic carbocycles. The van der Waals surface area contributed by atoms with Crippen LogP contribution in [0.25, 0.3) is 0 Å². The van der Waals surface area contributed by atoms with Gasteiger partial charge in [-0.25, -0.2) is 23.2 Å². The molecule has 0 saturated carbocycles. The molecule has 3 aromatic rings. The molecule has 0 radical (unpaired) electrons. The van der Waals surface area contributed by atoms with E-state index in [4.69, 9.17) is 24.4 Å². The summed E-state index contributed by atoms with van der Waals surface area (Å²) >= 11 is 0. The Bertz CT molecular complexity index is 1710. The van der Waals surface area contributed by atoms with Crippen molar-refractivity contribution in [2.24, 2.45) is 0 Å². The minimum Gasteiger partial charge on any atom is -0.857 e. The number of hydrogen-bond acceptors (Lipinski definition) is 11. The van der Waals surface area contributed by atoms with Crippen molar-refractivity contribution in [3.05, 3.63) is 102 Å². The smallest absolute Gasteiger partial charge is 0.857 e. The van der Waals surface area contributed by atoms with Gasteiger partial charge in [-0.05, 0) is 32.4 Å². The Hall–Kier alpha value is -3.29. The summed E-state index contributed by atoms with van der Waals surface area (Å²) in [7, 11) is 0.750. The number of hydrogen-bond donors (Lipinski definition) is 4. The van der Waals surface area contributed by atoms with E-state index in [0.29, 0.717) is 6.42 Å². The second kappa shape index (κ2) is 16.7. The molecular formula is C29H35F2N4NaO11. The molecule has 0 unspecified atom stereocenters. The summed E-state index contributed by atoms with van der Waals surface area (Å²) in [5, 5.41) is 27.2. The minimum absolute atomic E-state index is 0. The number of halogens is 2. The number of benzene rings is 1. The Kier molecular flexibility index (Phi) is 14.2. The van der Waals surface area contributed by atoms with Gasteiger partial charge in [-0.2, -0.15) is 7.11 Å². The first-order valence-corrected chi connectivity index (χ1v) is 14.0. The van der Waals surface area contributed by atoms with Gasteiger partial charge in [0, 0.05) is 24.5 Å². The quantitative estimate of drug-likeness (QED) is 0.147. The van der Waals surface area contributed by atoms with Crippen LogP contribution in [0.15, 0.2) is 74.0 Å². The number of esters is 1. The first-order chi connectivity index (χ1) is 21.7. The number of aliphatic hydroxyl groups excluding tert-OH is 1. The molecule has 18 heteroatoms. The van der Waals surface area contributed by atoms with Gasteiger partial charge in [0.1, 0.15) is 11.7 Å². The van der Waals surface area contributed by atoms with Crippen LogP contribution in [0.1, 0.15) is 50.0 Å². The summed E-state index contributed by atoms with van der Waals surface area (Å²) in [5.41, 5.74) is -6.24. The van der Waals surface area contributed by atoms with Gasteiger partial charge in [-0.15, -0.1) is 0 Å². The number of ether oxygens (including phenoxy) is 3. The van der Waals surface area contributed by atoms with Crippen LogP contribution in [-0.2, 0) is 14.2 Å². The molecule has 4 N–H and O–H groups in total. The summed E-state index contributed by atoms with van der Waals surface area (Å²) in [6.45, 7) is 3.66. The van der Waals surface area contributed by atoms with Crippen LogP contribution in [0.3, 0.4) is 0 Å². The van der Waals surface area contributed by atoms with E-state index in [2.05, 4.69) is 4.98 Å². The summed E-state index contributed by atoms with van der Waals surface area (Å²) in [6, 6.07) is 10.3. The summed E-state index contributed by atoms with van der Waals surface area (Å²) in [5.74, 6) is -0.724. The molecule has 0 bridgehead atoms. The number of aliphatic hydroxyl groups is 2. The molecule has 4 heterocycles. The predicted octanol–water partition coefficient (Wildman–Crippen LogP) is -3.71. The van der Waals surface area contributed by atoms with Crippen LogP contribution in [-0.4, -0.2) is 84.8 Å². The molecule has 0 amide bonds. The molecule has 2 aromatic heterocycles. The van der Waals surface area contributed by atoms with E-state index in [1.54, 1.807) is 37.3 Å². The molecule has 2 fully saturated rings. The number of rotatable bonds is 6. The van der Waals surface area contributed by atoms with Gasteiger partial charge in [-0.3, -0.25) is 28.7 Å². The van der Waals surface area contributed by atoms with Crippen LogP contribution >= 0.6 is 0 Å². The monoisotopic (exact) mass is 676 g/mol. The topological polar surface area (TPSA) is 218 Å². The minimum atomic E-state index is -1.98. The van der Waals surface area contributed by atoms with Crippen molar-refractivity contribution in [1.82, 2.24) is 19.1 Å². The normalized spacial score (nSPS) is 29.4. The third kappa shape index (κ3) is 8.42. The van der Waals surface area contributed by atoms with Gasteiger partial charge < -0.3 is 29.5 Å². The molecule has 0 spiro atoms. The number of H-pyrrole nitrogens is 2. The van der Waals surface area contributed by atoms with E-state index in [1.165, 1.54) is 13.1 Å². The predicted molar refractivity (Wildman–Crippen MR) is 154 cm³/mol. The number of aromatic nitrogens is 4. The summed E-state index contributed by atoms with van der Waals surface area (Å²) in [6.07, 6.45) is -5.45. The molecule has 2 aliphatic rings. The molecule has 8 atom stereocenters. The van der Waals surface area contributed by atoms with E-state index in [9.17, 15) is 33.5 Å². The third-order valence-corrected chi connectivity index (χ3v) is 7.47. The Balaban J connectivity index is 0.000000322. The van der Waals surface area contributed by atoms with Crippen LogP contribution in [0.2, 0.25) is 0 Å². The van der Waals surface area contributed by atoms with E-state index in [1.807, 2.05) is 4.98 Å². The second-order valence-corrected chi connectivity index (χ2v) is 10.6. The SMILES string of the molecule is CC[C@H]1O[C@@H](n2ccc(=O)[nH]c2=O)[C@](C)(OC(=O)c2ccccc2)[C@@H]1F.C[C@@]1(O)[C@H](F)[C@@H](CO)O[C@H]1n1ccc(=O)[nH]c1=O.C[O-].[Na+]. The molecule has 252 valence electrons. The van der Waals surface area contributed by atoms with Gasteiger partial charge >= 0.3 is 46.9 Å². The van der Waals surface area contributed by atoms with Gasteiger partial charge in [0.05, 0.1) is 18.3 Å². The van der Waals surface area contributed by atoms with Crippen LogP contribution < -0.4 is 57.2 Å². The van der Waals surface area contributed by atoms with Crippen molar-refractivity contribution < 1.29 is 72.7 Å². The zero-order chi connectivity index (χ0) is 34.4. The molecule has 2 saturated heterocycles. The third-order valence-electron chi connectivity index (χ3n) is 7.47. The van der Waals surface area contributed by atoms with Crippen LogP contribution in [0, 0.1) is 0 Å². The van der Waals surface area contributed by atoms with E-state index in [-0.39, 0.29) is 35.1 Å². The van der Waals surface area contributed by atoms with Gasteiger partial charge in [0.25, 0.3) is 11.1 Å². The first-order valence-electron chi connectivity index (χ1n) is 14.0. The number of carbonyl (C=O) groups is 1. The number of nitrogens with one attached hydrogen (secondary N) is 2. The standard InChI is InChI=1S/C18H19FN2O5.C10H13FN2O5.CH3O.Na/c1-3-12-14(19)18(2,26-15(23)11-7-5-4-6-8-11)16(25-12)21-10-9-13(22)20-17(21)24;1-10(17)7(11)5(4-14)18-8(10)13-3-2-6(15)12-9(13)16;1-2;/h4-10,12,14,16H,3H2,1-2H3,(H,20,22,24);2-3,5,7-8,14,17H,4H2,1H3,(H,12,15,16);1H3;/q;;-1;+1/t12-,14-,16-,18-;5-,7-,8-,10-;;/m11../s1. The Morgan fingerprint density at radius 2 is 1.38 bits per heavy atom. The zero-order valence-electron chi connectivity index (χ0n) is 26.3. The number of nitrogens with zero attached hydrogens (tertiary/aromatic N) is 2. The molecule has 2 aliphatic heterocycles. The average Bonchev–Trinajstić information content (AvgIpc) is 3.41. The maximum Gasteiger partial charge on any atom is 1.00 e. The summed E-state index contributed by atoms with van der Waals surface area (Å²) in [4.78, 5) is 62.4. The van der Waals surface area contributed by atoms with E-state index >= 15 is 4.39 Å². The van der Waals surface area contributed by atoms with Gasteiger partial charge in [-0.1, -0.05) is 25.1 Å². The van der Waals surface area contributed by atoms with Gasteiger partial charge in [0.2, 0.25) is 0 Å². The second-order valence-electron chi connectivity index (χ2n) is 10.6. The van der Waals surface area contributed by atoms with Crippen molar-refractivity contribution in [3.8, 4) is 0 Å². The molecular weight excluding hydrogens is 641 g/mol. The molecule has 15 nitrogen and oxygen atoms in total. The number of alkyl halides is 2. The Morgan fingerprint density at radius 3 is 1.83 bits per heavy atom. The van der Waals surface area contributed by atoms with E-state index < -0.39 is 83.3 Å². The maximum atomic E-state index is 15.1. The van der Waals surface area contributed by atoms with Crippen molar-refractivity contribution >= 4 is 5.97 Å². The Morgan fingerprint density at radius 1 is 0.894 bits per heavy atom. The van der Waals surface area contributed by atoms with Crippen molar-refractivity contribution in [2.45, 2.75) is 75.4 Å². The zero-order valence-corrected chi connectivity index (χ0v) is 28.3.